The van der Waals surface area contributed by atoms with Crippen molar-refractivity contribution in [2.45, 2.75) is 52.8 Å². The Morgan fingerprint density at radius 3 is 2.81 bits per heavy atom. The Morgan fingerprint density at radius 2 is 2.19 bits per heavy atom. The molecule has 0 bridgehead atoms. The van der Waals surface area contributed by atoms with Gasteiger partial charge in [0.1, 0.15) is 5.01 Å². The van der Waals surface area contributed by atoms with Crippen molar-refractivity contribution in [3.63, 3.8) is 0 Å². The molecule has 0 amide bonds. The molecule has 1 aromatic heterocycles. The van der Waals surface area contributed by atoms with E-state index < -0.39 is 0 Å². The summed E-state index contributed by atoms with van der Waals surface area (Å²) in [6.07, 6.45) is 1.06. The van der Waals surface area contributed by atoms with E-state index in [1.165, 1.54) is 0 Å². The second-order valence-electron chi connectivity index (χ2n) is 4.89. The zero-order valence-corrected chi connectivity index (χ0v) is 11.5. The van der Waals surface area contributed by atoms with E-state index in [4.69, 9.17) is 4.74 Å². The minimum Gasteiger partial charge on any atom is -0.375 e. The standard InChI is InChI=1S/C12H22N2OS/c1-5-6-15-8-10-9-16-11(14-10)7-13-12(2,3)4/h9,13H,5-8H2,1-4H3. The van der Waals surface area contributed by atoms with Gasteiger partial charge in [0.15, 0.2) is 0 Å². The summed E-state index contributed by atoms with van der Waals surface area (Å²) in [4.78, 5) is 4.52. The van der Waals surface area contributed by atoms with Crippen molar-refractivity contribution >= 4 is 11.3 Å². The van der Waals surface area contributed by atoms with Gasteiger partial charge in [0.2, 0.25) is 0 Å². The zero-order chi connectivity index (χ0) is 12.0. The van der Waals surface area contributed by atoms with Crippen LogP contribution in [0.25, 0.3) is 0 Å². The molecule has 0 spiro atoms. The van der Waals surface area contributed by atoms with Gasteiger partial charge in [-0.2, -0.15) is 0 Å². The maximum atomic E-state index is 5.45. The van der Waals surface area contributed by atoms with E-state index >= 15 is 0 Å². The predicted octanol–water partition coefficient (Wildman–Crippen LogP) is 2.96. The lowest BCUT2D eigenvalue weighted by molar-refractivity contribution is 0.119. The topological polar surface area (TPSA) is 34.1 Å². The predicted molar refractivity (Wildman–Crippen MR) is 68.7 cm³/mol. The number of ether oxygens (including phenoxy) is 1. The second-order valence-corrected chi connectivity index (χ2v) is 5.83. The third-order valence-corrected chi connectivity index (χ3v) is 2.87. The second kappa shape index (κ2) is 6.33. The van der Waals surface area contributed by atoms with Crippen molar-refractivity contribution in [1.82, 2.24) is 10.3 Å². The fourth-order valence-corrected chi connectivity index (χ4v) is 1.88. The van der Waals surface area contributed by atoms with Gasteiger partial charge < -0.3 is 10.1 Å². The molecule has 0 aliphatic carbocycles. The Bertz CT molecular complexity index is 304. The number of thiazole rings is 1. The van der Waals surface area contributed by atoms with Crippen molar-refractivity contribution in [2.24, 2.45) is 0 Å². The van der Waals surface area contributed by atoms with E-state index in [1.807, 2.05) is 0 Å². The third-order valence-electron chi connectivity index (χ3n) is 1.97. The molecule has 0 saturated heterocycles. The summed E-state index contributed by atoms with van der Waals surface area (Å²) in [6.45, 7) is 10.9. The number of nitrogens with zero attached hydrogens (tertiary/aromatic N) is 1. The molecule has 0 radical (unpaired) electrons. The van der Waals surface area contributed by atoms with E-state index in [0.29, 0.717) is 6.61 Å². The van der Waals surface area contributed by atoms with E-state index in [1.54, 1.807) is 11.3 Å². The van der Waals surface area contributed by atoms with Crippen LogP contribution in [0.1, 0.15) is 44.8 Å². The number of rotatable bonds is 6. The first-order chi connectivity index (χ1) is 7.51. The highest BCUT2D eigenvalue weighted by Gasteiger charge is 2.10. The smallest absolute Gasteiger partial charge is 0.107 e. The first-order valence-electron chi connectivity index (χ1n) is 5.77. The number of aromatic nitrogens is 1. The molecule has 3 nitrogen and oxygen atoms in total. The first kappa shape index (κ1) is 13.6. The lowest BCUT2D eigenvalue weighted by Crippen LogP contribution is -2.35. The number of nitrogens with one attached hydrogen (secondary N) is 1. The van der Waals surface area contributed by atoms with Crippen molar-refractivity contribution in [2.75, 3.05) is 6.61 Å². The minimum atomic E-state index is 0.143. The summed E-state index contributed by atoms with van der Waals surface area (Å²) in [5.41, 5.74) is 1.19. The molecule has 0 saturated carbocycles. The fourth-order valence-electron chi connectivity index (χ4n) is 1.16. The van der Waals surface area contributed by atoms with Crippen LogP contribution >= 0.6 is 11.3 Å². The summed E-state index contributed by atoms with van der Waals surface area (Å²) in [7, 11) is 0. The van der Waals surface area contributed by atoms with E-state index in [0.717, 1.165) is 30.3 Å². The summed E-state index contributed by atoms with van der Waals surface area (Å²) in [5.74, 6) is 0. The Labute approximate surface area is 102 Å². The Kier molecular flexibility index (Phi) is 5.38. The minimum absolute atomic E-state index is 0.143. The van der Waals surface area contributed by atoms with Gasteiger partial charge in [-0.1, -0.05) is 6.92 Å². The van der Waals surface area contributed by atoms with Gasteiger partial charge in [-0.05, 0) is 27.2 Å². The van der Waals surface area contributed by atoms with Crippen LogP contribution < -0.4 is 5.32 Å². The normalized spacial score (nSPS) is 12.0. The largest absolute Gasteiger partial charge is 0.375 e. The molecule has 0 aliphatic heterocycles. The Hall–Kier alpha value is -0.450. The lowest BCUT2D eigenvalue weighted by Gasteiger charge is -2.19. The number of hydrogen-bond acceptors (Lipinski definition) is 4. The number of hydrogen-bond donors (Lipinski definition) is 1. The van der Waals surface area contributed by atoms with Gasteiger partial charge in [-0.25, -0.2) is 4.98 Å². The molecule has 1 rings (SSSR count). The van der Waals surface area contributed by atoms with Crippen LogP contribution in [0.3, 0.4) is 0 Å². The quantitative estimate of drug-likeness (QED) is 0.779. The molecule has 1 heterocycles. The van der Waals surface area contributed by atoms with Crippen LogP contribution in [0, 0.1) is 0 Å². The van der Waals surface area contributed by atoms with Crippen LogP contribution in [0.4, 0.5) is 0 Å². The SMILES string of the molecule is CCCOCc1csc(CNC(C)(C)C)n1. The van der Waals surface area contributed by atoms with Gasteiger partial charge in [0, 0.05) is 24.1 Å². The van der Waals surface area contributed by atoms with Gasteiger partial charge in [-0.15, -0.1) is 11.3 Å². The summed E-state index contributed by atoms with van der Waals surface area (Å²) in [5, 5.41) is 6.63. The molecule has 0 fully saturated rings. The highest BCUT2D eigenvalue weighted by atomic mass is 32.1. The highest BCUT2D eigenvalue weighted by molar-refractivity contribution is 7.09. The van der Waals surface area contributed by atoms with E-state index in [9.17, 15) is 0 Å². The lowest BCUT2D eigenvalue weighted by atomic mass is 10.1. The summed E-state index contributed by atoms with van der Waals surface area (Å²) < 4.78 is 5.45. The molecular formula is C12H22N2OS. The average Bonchev–Trinajstić information content (AvgIpc) is 2.62. The molecule has 16 heavy (non-hydrogen) atoms. The molecule has 0 aromatic carbocycles. The van der Waals surface area contributed by atoms with E-state index in [-0.39, 0.29) is 5.54 Å². The first-order valence-corrected chi connectivity index (χ1v) is 6.65. The van der Waals surface area contributed by atoms with Crippen molar-refractivity contribution in [3.05, 3.63) is 16.1 Å². The van der Waals surface area contributed by atoms with Crippen molar-refractivity contribution in [3.8, 4) is 0 Å². The van der Waals surface area contributed by atoms with Gasteiger partial charge in [0.05, 0.1) is 12.3 Å². The molecule has 0 atom stereocenters. The van der Waals surface area contributed by atoms with Crippen LogP contribution in [0.2, 0.25) is 0 Å². The van der Waals surface area contributed by atoms with Gasteiger partial charge >= 0.3 is 0 Å². The zero-order valence-electron chi connectivity index (χ0n) is 10.7. The molecule has 0 unspecified atom stereocenters. The molecule has 0 aliphatic rings. The molecule has 1 N–H and O–H groups in total. The van der Waals surface area contributed by atoms with Gasteiger partial charge in [0.25, 0.3) is 0 Å². The summed E-state index contributed by atoms with van der Waals surface area (Å²) >= 11 is 1.69. The van der Waals surface area contributed by atoms with Gasteiger partial charge in [-0.3, -0.25) is 0 Å². The van der Waals surface area contributed by atoms with Crippen LogP contribution in [0.5, 0.6) is 0 Å². The Balaban J connectivity index is 2.33. The maximum Gasteiger partial charge on any atom is 0.107 e. The maximum absolute atomic E-state index is 5.45. The van der Waals surface area contributed by atoms with Crippen molar-refractivity contribution in [1.29, 1.82) is 0 Å². The highest BCUT2D eigenvalue weighted by Crippen LogP contribution is 2.12. The average molecular weight is 242 g/mol. The molecular weight excluding hydrogens is 220 g/mol. The summed E-state index contributed by atoms with van der Waals surface area (Å²) in [6, 6.07) is 0. The van der Waals surface area contributed by atoms with E-state index in [2.05, 4.69) is 43.4 Å². The molecule has 1 aromatic rings. The van der Waals surface area contributed by atoms with Crippen molar-refractivity contribution < 1.29 is 4.74 Å². The fraction of sp³-hybridized carbons (Fsp3) is 0.750. The third kappa shape index (κ3) is 5.58. The van der Waals surface area contributed by atoms with Crippen LogP contribution in [-0.2, 0) is 17.9 Å². The molecule has 4 heteroatoms. The van der Waals surface area contributed by atoms with Crippen LogP contribution in [0.15, 0.2) is 5.38 Å². The van der Waals surface area contributed by atoms with Crippen LogP contribution in [-0.4, -0.2) is 17.1 Å². The monoisotopic (exact) mass is 242 g/mol. The Morgan fingerprint density at radius 1 is 1.44 bits per heavy atom. The molecule has 92 valence electrons.